The fraction of sp³-hybridized carbons (Fsp3) is 0.0714. The van der Waals surface area contributed by atoms with Gasteiger partial charge in [-0.25, -0.2) is 4.79 Å². The number of rotatable bonds is 3. The number of thioether (sulfide) groups is 1. The van der Waals surface area contributed by atoms with Crippen LogP contribution in [0.4, 0.5) is 0 Å². The molecule has 2 nitrogen and oxygen atoms in total. The summed E-state index contributed by atoms with van der Waals surface area (Å²) in [4.78, 5) is 12.0. The van der Waals surface area contributed by atoms with Crippen LogP contribution in [0.3, 0.4) is 0 Å². The van der Waals surface area contributed by atoms with Crippen LogP contribution in [0.2, 0.25) is 0 Å². The Balaban J connectivity index is 2.14. The summed E-state index contributed by atoms with van der Waals surface area (Å²) in [5.74, 6) is -0.335. The number of hydrogen-bond acceptors (Lipinski definition) is 3. The first kappa shape index (κ1) is 11.7. The van der Waals surface area contributed by atoms with E-state index >= 15 is 0 Å². The average Bonchev–Trinajstić information content (AvgIpc) is 2.38. The number of benzene rings is 2. The Morgan fingerprint density at radius 2 is 1.94 bits per heavy atom. The quantitative estimate of drug-likeness (QED) is 0.468. The minimum absolute atomic E-state index is 0.335. The van der Waals surface area contributed by atoms with Gasteiger partial charge in [-0.15, -0.1) is 0 Å². The van der Waals surface area contributed by atoms with Crippen molar-refractivity contribution in [2.75, 3.05) is 7.11 Å². The Labute approximate surface area is 104 Å². The van der Waals surface area contributed by atoms with Crippen LogP contribution in [-0.2, 0) is 9.53 Å². The van der Waals surface area contributed by atoms with Crippen LogP contribution in [0.1, 0.15) is 0 Å². The maximum Gasteiger partial charge on any atom is 0.330 e. The number of carbonyl (C=O) groups excluding carboxylic acids is 1. The number of fused-ring (bicyclic) bond motifs is 1. The molecule has 2 aromatic carbocycles. The first-order chi connectivity index (χ1) is 8.29. The third kappa shape index (κ3) is 3.11. The van der Waals surface area contributed by atoms with Crippen molar-refractivity contribution >= 4 is 28.5 Å². The van der Waals surface area contributed by atoms with Gasteiger partial charge in [0.1, 0.15) is 0 Å². The first-order valence-electron chi connectivity index (χ1n) is 5.19. The zero-order valence-corrected chi connectivity index (χ0v) is 10.2. The molecule has 0 fully saturated rings. The van der Waals surface area contributed by atoms with Gasteiger partial charge in [0.2, 0.25) is 0 Å². The molecule has 0 amide bonds. The van der Waals surface area contributed by atoms with Crippen molar-refractivity contribution in [3.05, 3.63) is 53.9 Å². The van der Waals surface area contributed by atoms with Crippen molar-refractivity contribution in [1.82, 2.24) is 0 Å². The molecule has 0 atom stereocenters. The Morgan fingerprint density at radius 1 is 1.18 bits per heavy atom. The summed E-state index contributed by atoms with van der Waals surface area (Å²) in [5, 5.41) is 4.15. The van der Waals surface area contributed by atoms with Crippen LogP contribution >= 0.6 is 11.8 Å². The minimum Gasteiger partial charge on any atom is -0.466 e. The summed E-state index contributed by atoms with van der Waals surface area (Å²) >= 11 is 1.50. The van der Waals surface area contributed by atoms with E-state index in [1.807, 2.05) is 18.2 Å². The Kier molecular flexibility index (Phi) is 3.83. The summed E-state index contributed by atoms with van der Waals surface area (Å²) in [5.41, 5.74) is 0. The molecule has 3 heteroatoms. The van der Waals surface area contributed by atoms with Crippen LogP contribution in [0.15, 0.2) is 58.8 Å². The standard InChI is InChI=1S/C14H12O2S/c1-16-14(15)8-9-17-13-7-6-11-4-2-3-5-12(11)10-13/h2-10H,1H3/b9-8+. The fourth-order valence-electron chi connectivity index (χ4n) is 1.48. The Hall–Kier alpha value is -1.74. The van der Waals surface area contributed by atoms with E-state index in [9.17, 15) is 4.79 Å². The van der Waals surface area contributed by atoms with E-state index in [0.29, 0.717) is 0 Å². The fourth-order valence-corrected chi connectivity index (χ4v) is 2.15. The molecule has 0 heterocycles. The van der Waals surface area contributed by atoms with Gasteiger partial charge < -0.3 is 4.74 Å². The zero-order chi connectivity index (χ0) is 12.1. The lowest BCUT2D eigenvalue weighted by Gasteiger charge is -2.00. The smallest absolute Gasteiger partial charge is 0.330 e. The minimum atomic E-state index is -0.335. The highest BCUT2D eigenvalue weighted by Crippen LogP contribution is 2.24. The molecule has 0 spiro atoms. The lowest BCUT2D eigenvalue weighted by Crippen LogP contribution is -1.92. The molecule has 86 valence electrons. The second-order valence-electron chi connectivity index (χ2n) is 3.45. The molecule has 0 aliphatic carbocycles. The van der Waals surface area contributed by atoms with E-state index in [1.54, 1.807) is 5.41 Å². The second kappa shape index (κ2) is 5.55. The van der Waals surface area contributed by atoms with E-state index in [0.717, 1.165) is 4.90 Å². The first-order valence-corrected chi connectivity index (χ1v) is 6.07. The van der Waals surface area contributed by atoms with Crippen molar-refractivity contribution in [1.29, 1.82) is 0 Å². The third-order valence-corrected chi connectivity index (χ3v) is 3.13. The Morgan fingerprint density at radius 3 is 2.71 bits per heavy atom. The number of methoxy groups -OCH3 is 1. The van der Waals surface area contributed by atoms with Crippen LogP contribution < -0.4 is 0 Å². The molecular weight excluding hydrogens is 232 g/mol. The lowest BCUT2D eigenvalue weighted by molar-refractivity contribution is -0.134. The van der Waals surface area contributed by atoms with Gasteiger partial charge >= 0.3 is 5.97 Å². The predicted molar refractivity (Wildman–Crippen MR) is 71.0 cm³/mol. The van der Waals surface area contributed by atoms with Crippen molar-refractivity contribution in [2.45, 2.75) is 4.90 Å². The summed E-state index contributed by atoms with van der Waals surface area (Å²) in [6.45, 7) is 0. The van der Waals surface area contributed by atoms with Gasteiger partial charge in [-0.3, -0.25) is 0 Å². The van der Waals surface area contributed by atoms with Crippen LogP contribution in [0.5, 0.6) is 0 Å². The number of carbonyl (C=O) groups is 1. The molecule has 0 unspecified atom stereocenters. The zero-order valence-electron chi connectivity index (χ0n) is 9.42. The number of ether oxygens (including phenoxy) is 1. The van der Waals surface area contributed by atoms with Crippen molar-refractivity contribution in [3.63, 3.8) is 0 Å². The third-order valence-electron chi connectivity index (χ3n) is 2.33. The van der Waals surface area contributed by atoms with Gasteiger partial charge in [-0.1, -0.05) is 42.1 Å². The normalized spacial score (nSPS) is 10.9. The van der Waals surface area contributed by atoms with E-state index < -0.39 is 0 Å². The summed E-state index contributed by atoms with van der Waals surface area (Å²) in [6.07, 6.45) is 1.42. The monoisotopic (exact) mass is 244 g/mol. The summed E-state index contributed by atoms with van der Waals surface area (Å²) < 4.78 is 4.52. The van der Waals surface area contributed by atoms with E-state index in [1.165, 1.54) is 35.7 Å². The molecule has 17 heavy (non-hydrogen) atoms. The van der Waals surface area contributed by atoms with Crippen LogP contribution in [0.25, 0.3) is 10.8 Å². The van der Waals surface area contributed by atoms with Gasteiger partial charge in [0.15, 0.2) is 0 Å². The lowest BCUT2D eigenvalue weighted by atomic mass is 10.1. The largest absolute Gasteiger partial charge is 0.466 e. The van der Waals surface area contributed by atoms with Crippen molar-refractivity contribution in [3.8, 4) is 0 Å². The van der Waals surface area contributed by atoms with Crippen LogP contribution in [-0.4, -0.2) is 13.1 Å². The summed E-state index contributed by atoms with van der Waals surface area (Å²) in [6, 6.07) is 14.4. The van der Waals surface area contributed by atoms with E-state index in [4.69, 9.17) is 0 Å². The van der Waals surface area contributed by atoms with Crippen molar-refractivity contribution in [2.24, 2.45) is 0 Å². The van der Waals surface area contributed by atoms with Gasteiger partial charge in [0, 0.05) is 11.0 Å². The predicted octanol–water partition coefficient (Wildman–Crippen LogP) is 3.62. The number of esters is 1. The maximum absolute atomic E-state index is 10.9. The van der Waals surface area contributed by atoms with Crippen molar-refractivity contribution < 1.29 is 9.53 Å². The van der Waals surface area contributed by atoms with E-state index in [2.05, 4.69) is 29.0 Å². The van der Waals surface area contributed by atoms with Gasteiger partial charge in [0.05, 0.1) is 7.11 Å². The highest BCUT2D eigenvalue weighted by atomic mass is 32.2. The molecule has 0 saturated heterocycles. The molecule has 0 radical (unpaired) electrons. The Bertz CT molecular complexity index is 561. The molecule has 0 aliphatic heterocycles. The SMILES string of the molecule is COC(=O)/C=C/Sc1ccc2ccccc2c1. The average molecular weight is 244 g/mol. The molecule has 2 aromatic rings. The van der Waals surface area contributed by atoms with Gasteiger partial charge in [0.25, 0.3) is 0 Å². The molecular formula is C14H12O2S. The molecule has 0 saturated carbocycles. The highest BCUT2D eigenvalue weighted by Gasteiger charge is 1.96. The van der Waals surface area contributed by atoms with Crippen LogP contribution in [0, 0.1) is 0 Å². The molecule has 2 rings (SSSR count). The van der Waals surface area contributed by atoms with Gasteiger partial charge in [-0.05, 0) is 28.3 Å². The molecule has 0 aromatic heterocycles. The summed E-state index contributed by atoms with van der Waals surface area (Å²) in [7, 11) is 1.37. The molecule has 0 bridgehead atoms. The topological polar surface area (TPSA) is 26.3 Å². The molecule has 0 aliphatic rings. The van der Waals surface area contributed by atoms with E-state index in [-0.39, 0.29) is 5.97 Å². The van der Waals surface area contributed by atoms with Gasteiger partial charge in [-0.2, -0.15) is 0 Å². The highest BCUT2D eigenvalue weighted by molar-refractivity contribution is 8.02. The number of hydrogen-bond donors (Lipinski definition) is 0. The second-order valence-corrected chi connectivity index (χ2v) is 4.43. The molecule has 0 N–H and O–H groups in total. The maximum atomic E-state index is 10.9.